The lowest BCUT2D eigenvalue weighted by molar-refractivity contribution is -0.159. The first-order valence-electron chi connectivity index (χ1n) is 11.0. The predicted octanol–water partition coefficient (Wildman–Crippen LogP) is 3.78. The molecule has 1 amide bonds. The molecule has 4 rings (SSSR count). The molecule has 0 radical (unpaired) electrons. The summed E-state index contributed by atoms with van der Waals surface area (Å²) < 4.78 is 0. The molecule has 0 unspecified atom stereocenters. The summed E-state index contributed by atoms with van der Waals surface area (Å²) in [5.41, 5.74) is 5.79. The van der Waals surface area contributed by atoms with Gasteiger partial charge in [-0.25, -0.2) is 9.59 Å². The minimum Gasteiger partial charge on any atom is -0.473 e. The first-order chi connectivity index (χ1) is 16.3. The highest BCUT2D eigenvalue weighted by atomic mass is 16.4. The Balaban J connectivity index is 0.000000481. The van der Waals surface area contributed by atoms with Crippen molar-refractivity contribution in [3.63, 3.8) is 0 Å². The summed E-state index contributed by atoms with van der Waals surface area (Å²) in [6.45, 7) is 6.52. The van der Waals surface area contributed by atoms with Crippen molar-refractivity contribution in [1.29, 1.82) is 0 Å². The van der Waals surface area contributed by atoms with E-state index in [0.717, 1.165) is 43.9 Å². The monoisotopic (exact) mass is 460 g/mol. The van der Waals surface area contributed by atoms with Gasteiger partial charge in [0.2, 0.25) is 0 Å². The highest BCUT2D eigenvalue weighted by molar-refractivity contribution is 6.27. The lowest BCUT2D eigenvalue weighted by atomic mass is 10.0. The molecule has 3 aromatic rings. The standard InChI is InChI=1S/C25H26N2O.C2H2O4/c1-20-7-5-6-10-24(20)19-26-15-17-27(18-16-26)25(28)23-13-11-22(12-14-23)21-8-3-2-4-9-21;3-1(4)2(5)6/h2-14H,15-19H2,1H3;(H,3,4)(H,5,6). The Hall–Kier alpha value is -3.97. The van der Waals surface area contributed by atoms with Crippen LogP contribution in [0.5, 0.6) is 0 Å². The van der Waals surface area contributed by atoms with Crippen LogP contribution in [0.1, 0.15) is 21.5 Å². The summed E-state index contributed by atoms with van der Waals surface area (Å²) in [4.78, 5) is 35.5. The average molecular weight is 461 g/mol. The molecule has 7 heteroatoms. The zero-order valence-electron chi connectivity index (χ0n) is 19.1. The van der Waals surface area contributed by atoms with Gasteiger partial charge in [-0.05, 0) is 41.3 Å². The van der Waals surface area contributed by atoms with Crippen LogP contribution in [0.2, 0.25) is 0 Å². The van der Waals surface area contributed by atoms with Gasteiger partial charge in [0.1, 0.15) is 0 Å². The van der Waals surface area contributed by atoms with E-state index in [9.17, 15) is 4.79 Å². The van der Waals surface area contributed by atoms with Gasteiger partial charge in [0.05, 0.1) is 0 Å². The molecule has 7 nitrogen and oxygen atoms in total. The van der Waals surface area contributed by atoms with Crippen molar-refractivity contribution in [2.45, 2.75) is 13.5 Å². The summed E-state index contributed by atoms with van der Waals surface area (Å²) in [7, 11) is 0. The highest BCUT2D eigenvalue weighted by Gasteiger charge is 2.22. The molecule has 1 fully saturated rings. The van der Waals surface area contributed by atoms with E-state index >= 15 is 0 Å². The molecule has 1 heterocycles. The van der Waals surface area contributed by atoms with Crippen LogP contribution in [-0.4, -0.2) is 64.0 Å². The van der Waals surface area contributed by atoms with Crippen molar-refractivity contribution in [3.05, 3.63) is 95.6 Å². The molecule has 0 spiro atoms. The van der Waals surface area contributed by atoms with E-state index in [1.807, 2.05) is 47.4 Å². The van der Waals surface area contributed by atoms with E-state index in [2.05, 4.69) is 48.2 Å². The number of amides is 1. The van der Waals surface area contributed by atoms with Crippen LogP contribution in [0.15, 0.2) is 78.9 Å². The molecule has 0 bridgehead atoms. The molecule has 176 valence electrons. The lowest BCUT2D eigenvalue weighted by Gasteiger charge is -2.35. The predicted molar refractivity (Wildman–Crippen MR) is 130 cm³/mol. The Labute approximate surface area is 198 Å². The summed E-state index contributed by atoms with van der Waals surface area (Å²) in [5, 5.41) is 14.8. The summed E-state index contributed by atoms with van der Waals surface area (Å²) in [6.07, 6.45) is 0. The third-order valence-electron chi connectivity index (χ3n) is 5.74. The van der Waals surface area contributed by atoms with Crippen LogP contribution >= 0.6 is 0 Å². The third-order valence-corrected chi connectivity index (χ3v) is 5.74. The molecule has 0 saturated carbocycles. The van der Waals surface area contributed by atoms with Crippen molar-refractivity contribution in [3.8, 4) is 11.1 Å². The molecule has 2 N–H and O–H groups in total. The van der Waals surface area contributed by atoms with Crippen LogP contribution in [0.4, 0.5) is 0 Å². The maximum Gasteiger partial charge on any atom is 0.414 e. The Morgan fingerprint density at radius 1 is 0.706 bits per heavy atom. The van der Waals surface area contributed by atoms with Crippen LogP contribution in [0, 0.1) is 6.92 Å². The van der Waals surface area contributed by atoms with Crippen molar-refractivity contribution in [1.82, 2.24) is 9.80 Å². The topological polar surface area (TPSA) is 98.2 Å². The van der Waals surface area contributed by atoms with Gasteiger partial charge in [-0.3, -0.25) is 9.69 Å². The van der Waals surface area contributed by atoms with Gasteiger partial charge in [-0.2, -0.15) is 0 Å². The second-order valence-corrected chi connectivity index (χ2v) is 8.05. The van der Waals surface area contributed by atoms with Gasteiger partial charge in [-0.1, -0.05) is 66.7 Å². The van der Waals surface area contributed by atoms with E-state index in [0.29, 0.717) is 0 Å². The van der Waals surface area contributed by atoms with E-state index in [4.69, 9.17) is 19.8 Å². The maximum atomic E-state index is 12.9. The van der Waals surface area contributed by atoms with Crippen LogP contribution < -0.4 is 0 Å². The number of carboxylic acids is 2. The number of benzene rings is 3. The number of piperazine rings is 1. The second-order valence-electron chi connectivity index (χ2n) is 8.05. The molecule has 1 aliphatic rings. The Morgan fingerprint density at radius 2 is 1.24 bits per heavy atom. The van der Waals surface area contributed by atoms with E-state index < -0.39 is 11.9 Å². The van der Waals surface area contributed by atoms with Gasteiger partial charge in [-0.15, -0.1) is 0 Å². The van der Waals surface area contributed by atoms with Gasteiger partial charge >= 0.3 is 11.9 Å². The number of hydrogen-bond acceptors (Lipinski definition) is 4. The molecule has 0 aliphatic carbocycles. The zero-order valence-corrected chi connectivity index (χ0v) is 19.1. The van der Waals surface area contributed by atoms with Gasteiger partial charge < -0.3 is 15.1 Å². The normalized spacial score (nSPS) is 13.5. The van der Waals surface area contributed by atoms with Crippen molar-refractivity contribution in [2.75, 3.05) is 26.2 Å². The average Bonchev–Trinajstić information content (AvgIpc) is 2.86. The van der Waals surface area contributed by atoms with E-state index in [-0.39, 0.29) is 5.91 Å². The minimum atomic E-state index is -1.82. The molecular weight excluding hydrogens is 432 g/mol. The summed E-state index contributed by atoms with van der Waals surface area (Å²) >= 11 is 0. The van der Waals surface area contributed by atoms with Crippen LogP contribution in [-0.2, 0) is 16.1 Å². The van der Waals surface area contributed by atoms with Gasteiger partial charge in [0.25, 0.3) is 5.91 Å². The number of hydrogen-bond donors (Lipinski definition) is 2. The quantitative estimate of drug-likeness (QED) is 0.575. The molecule has 3 aromatic carbocycles. The lowest BCUT2D eigenvalue weighted by Crippen LogP contribution is -2.48. The Morgan fingerprint density at radius 3 is 1.79 bits per heavy atom. The fourth-order valence-electron chi connectivity index (χ4n) is 3.76. The summed E-state index contributed by atoms with van der Waals surface area (Å²) in [6, 6.07) is 26.8. The van der Waals surface area contributed by atoms with Crippen molar-refractivity contribution < 1.29 is 24.6 Å². The molecule has 34 heavy (non-hydrogen) atoms. The first-order valence-corrected chi connectivity index (χ1v) is 11.0. The molecule has 0 aromatic heterocycles. The first kappa shape index (κ1) is 24.7. The number of aliphatic carboxylic acids is 2. The Kier molecular flexibility index (Phi) is 8.54. The van der Waals surface area contributed by atoms with Crippen LogP contribution in [0.3, 0.4) is 0 Å². The number of carbonyl (C=O) groups excluding carboxylic acids is 1. The number of carboxylic acid groups (broad SMARTS) is 2. The number of nitrogens with zero attached hydrogens (tertiary/aromatic N) is 2. The maximum absolute atomic E-state index is 12.9. The molecule has 0 atom stereocenters. The fourth-order valence-corrected chi connectivity index (χ4v) is 3.76. The fraction of sp³-hybridized carbons (Fsp3) is 0.222. The molecule has 1 aliphatic heterocycles. The second kappa shape index (κ2) is 11.8. The number of carbonyl (C=O) groups is 3. The zero-order chi connectivity index (χ0) is 24.5. The van der Waals surface area contributed by atoms with Crippen molar-refractivity contribution >= 4 is 17.8 Å². The smallest absolute Gasteiger partial charge is 0.414 e. The molecular formula is C27H28N2O5. The summed E-state index contributed by atoms with van der Waals surface area (Å²) in [5.74, 6) is -3.51. The minimum absolute atomic E-state index is 0.134. The van der Waals surface area contributed by atoms with Gasteiger partial charge in [0, 0.05) is 38.3 Å². The number of aryl methyl sites for hydroxylation is 1. The highest BCUT2D eigenvalue weighted by Crippen LogP contribution is 2.20. The third kappa shape index (κ3) is 6.76. The SMILES string of the molecule is Cc1ccccc1CN1CCN(C(=O)c2ccc(-c3ccccc3)cc2)CC1.O=C(O)C(=O)O. The Bertz CT molecular complexity index is 1110. The van der Waals surface area contributed by atoms with E-state index in [1.165, 1.54) is 16.7 Å². The van der Waals surface area contributed by atoms with Gasteiger partial charge in [0.15, 0.2) is 0 Å². The largest absolute Gasteiger partial charge is 0.473 e. The molecule has 1 saturated heterocycles. The number of rotatable bonds is 4. The van der Waals surface area contributed by atoms with E-state index in [1.54, 1.807) is 0 Å². The van der Waals surface area contributed by atoms with Crippen LogP contribution in [0.25, 0.3) is 11.1 Å². The van der Waals surface area contributed by atoms with Crippen molar-refractivity contribution in [2.24, 2.45) is 0 Å².